The van der Waals surface area contributed by atoms with E-state index in [0.29, 0.717) is 5.92 Å². The minimum Gasteiger partial charge on any atom is -0.0622 e. The first kappa shape index (κ1) is 26.0. The van der Waals surface area contributed by atoms with Gasteiger partial charge in [-0.3, -0.25) is 0 Å². The lowest BCUT2D eigenvalue weighted by molar-refractivity contribution is 0.537. The molecule has 0 bridgehead atoms. The van der Waals surface area contributed by atoms with E-state index in [-0.39, 0.29) is 16.2 Å². The fourth-order valence-electron chi connectivity index (χ4n) is 5.95. The van der Waals surface area contributed by atoms with Gasteiger partial charge in [-0.05, 0) is 44.9 Å². The highest BCUT2D eigenvalue weighted by atomic mass is 14.4. The van der Waals surface area contributed by atoms with Crippen LogP contribution in [0.25, 0.3) is 0 Å². The molecule has 0 nitrogen and oxygen atoms in total. The lowest BCUT2D eigenvalue weighted by Crippen LogP contribution is -2.34. The van der Waals surface area contributed by atoms with Crippen molar-refractivity contribution in [2.45, 2.75) is 77.6 Å². The van der Waals surface area contributed by atoms with E-state index in [9.17, 15) is 0 Å². The van der Waals surface area contributed by atoms with E-state index >= 15 is 0 Å². The second-order valence-electron chi connectivity index (χ2n) is 12.1. The van der Waals surface area contributed by atoms with Gasteiger partial charge in [-0.25, -0.2) is 0 Å². The normalized spacial score (nSPS) is 12.7. The topological polar surface area (TPSA) is 0 Å². The van der Waals surface area contributed by atoms with Crippen LogP contribution >= 0.6 is 0 Å². The maximum absolute atomic E-state index is 2.42. The Kier molecular flexibility index (Phi) is 7.02. The van der Waals surface area contributed by atoms with Gasteiger partial charge in [-0.1, -0.05) is 159 Å². The Morgan fingerprint density at radius 1 is 0.417 bits per heavy atom. The second-order valence-corrected chi connectivity index (χ2v) is 12.1. The molecule has 0 fully saturated rings. The van der Waals surface area contributed by atoms with E-state index in [1.165, 1.54) is 38.9 Å². The summed E-state index contributed by atoms with van der Waals surface area (Å²) in [6, 6.07) is 37.9. The first-order valence-corrected chi connectivity index (χ1v) is 13.3. The van der Waals surface area contributed by atoms with Crippen LogP contribution in [0.4, 0.5) is 0 Å². The molecular weight excluding hydrogens is 432 g/mol. The Morgan fingerprint density at radius 2 is 0.778 bits per heavy atom. The van der Waals surface area contributed by atoms with Gasteiger partial charge in [0.15, 0.2) is 0 Å². The third kappa shape index (κ3) is 4.55. The molecule has 0 aliphatic carbocycles. The predicted molar refractivity (Wildman–Crippen MR) is 156 cm³/mol. The average molecular weight is 475 g/mol. The van der Waals surface area contributed by atoms with Crippen molar-refractivity contribution >= 4 is 0 Å². The maximum Gasteiger partial charge on any atom is 0.0152 e. The number of hydrogen-bond donors (Lipinski definition) is 0. The van der Waals surface area contributed by atoms with Gasteiger partial charge in [-0.2, -0.15) is 0 Å². The molecule has 0 spiro atoms. The van der Waals surface area contributed by atoms with E-state index in [4.69, 9.17) is 0 Å². The van der Waals surface area contributed by atoms with Crippen molar-refractivity contribution in [3.05, 3.63) is 142 Å². The van der Waals surface area contributed by atoms with Crippen molar-refractivity contribution in [1.82, 2.24) is 0 Å². The number of benzene rings is 4. The summed E-state index contributed by atoms with van der Waals surface area (Å²) >= 11 is 0. The molecular formula is C36H42. The smallest absolute Gasteiger partial charge is 0.0152 e. The summed E-state index contributed by atoms with van der Waals surface area (Å²) < 4.78 is 0. The summed E-state index contributed by atoms with van der Waals surface area (Å²) in [5.41, 5.74) is 9.33. The Labute approximate surface area is 219 Å². The third-order valence-corrected chi connectivity index (χ3v) is 8.27. The van der Waals surface area contributed by atoms with Crippen molar-refractivity contribution in [3.8, 4) is 0 Å². The van der Waals surface area contributed by atoms with E-state index < -0.39 is 0 Å². The van der Waals surface area contributed by atoms with Crippen LogP contribution in [0.15, 0.2) is 103 Å². The maximum atomic E-state index is 2.42. The highest BCUT2D eigenvalue weighted by Gasteiger charge is 2.40. The molecule has 0 unspecified atom stereocenters. The minimum atomic E-state index is -0.186. The Balaban J connectivity index is 2.16. The van der Waals surface area contributed by atoms with Gasteiger partial charge in [0.2, 0.25) is 0 Å². The van der Waals surface area contributed by atoms with Crippen molar-refractivity contribution in [2.24, 2.45) is 0 Å². The van der Waals surface area contributed by atoms with Gasteiger partial charge < -0.3 is 0 Å². The fraction of sp³-hybridized carbons (Fsp3) is 0.333. The predicted octanol–water partition coefficient (Wildman–Crippen LogP) is 9.79. The molecule has 36 heavy (non-hydrogen) atoms. The van der Waals surface area contributed by atoms with E-state index in [2.05, 4.69) is 159 Å². The molecule has 0 saturated heterocycles. The molecule has 0 heteroatoms. The molecule has 0 radical (unpaired) electrons. The minimum absolute atomic E-state index is 0.153. The van der Waals surface area contributed by atoms with Crippen LogP contribution in [-0.2, 0) is 16.2 Å². The molecule has 186 valence electrons. The quantitative estimate of drug-likeness (QED) is 0.250. The zero-order valence-electron chi connectivity index (χ0n) is 23.4. The van der Waals surface area contributed by atoms with Crippen LogP contribution in [-0.4, -0.2) is 0 Å². The zero-order valence-corrected chi connectivity index (χ0v) is 23.4. The third-order valence-electron chi connectivity index (χ3n) is 8.27. The van der Waals surface area contributed by atoms with Crippen molar-refractivity contribution in [2.75, 3.05) is 0 Å². The fourth-order valence-corrected chi connectivity index (χ4v) is 5.95. The van der Waals surface area contributed by atoms with E-state index in [1.807, 2.05) is 0 Å². The molecule has 0 heterocycles. The first-order valence-electron chi connectivity index (χ1n) is 13.3. The van der Waals surface area contributed by atoms with Crippen LogP contribution < -0.4 is 0 Å². The van der Waals surface area contributed by atoms with Crippen LogP contribution in [0.1, 0.15) is 100 Å². The van der Waals surface area contributed by atoms with Gasteiger partial charge in [-0.15, -0.1) is 0 Å². The molecule has 0 atom stereocenters. The number of hydrogen-bond acceptors (Lipinski definition) is 0. The summed E-state index contributed by atoms with van der Waals surface area (Å²) in [5.74, 6) is 0.419. The van der Waals surface area contributed by atoms with Crippen LogP contribution in [0.3, 0.4) is 0 Å². The van der Waals surface area contributed by atoms with Gasteiger partial charge in [0, 0.05) is 16.2 Å². The average Bonchev–Trinajstić information content (AvgIpc) is 2.89. The van der Waals surface area contributed by atoms with E-state index in [0.717, 1.165) is 0 Å². The van der Waals surface area contributed by atoms with Gasteiger partial charge >= 0.3 is 0 Å². The molecule has 4 aromatic carbocycles. The van der Waals surface area contributed by atoms with Crippen molar-refractivity contribution in [3.63, 3.8) is 0 Å². The van der Waals surface area contributed by atoms with Crippen molar-refractivity contribution < 1.29 is 0 Å². The zero-order chi connectivity index (χ0) is 26.1. The van der Waals surface area contributed by atoms with Gasteiger partial charge in [0.25, 0.3) is 0 Å². The highest BCUT2D eigenvalue weighted by molar-refractivity contribution is 5.60. The Hall–Kier alpha value is -3.12. The molecule has 4 rings (SSSR count). The molecule has 0 aliphatic heterocycles. The molecule has 0 amide bonds. The summed E-state index contributed by atoms with van der Waals surface area (Å²) in [5, 5.41) is 0. The largest absolute Gasteiger partial charge is 0.0622 e. The van der Waals surface area contributed by atoms with Gasteiger partial charge in [0.05, 0.1) is 0 Å². The highest BCUT2D eigenvalue weighted by Crippen LogP contribution is 2.49. The summed E-state index contributed by atoms with van der Waals surface area (Å²) in [4.78, 5) is 0. The summed E-state index contributed by atoms with van der Waals surface area (Å²) in [6.45, 7) is 19.1. The SMILES string of the molecule is CC(C)c1ccc(C(C)(C)c2ccccc2)c(C(C)(C)c2ccccc2)c1C(C)(C)c1ccccc1. The monoisotopic (exact) mass is 474 g/mol. The second kappa shape index (κ2) is 9.74. The molecule has 0 aromatic heterocycles. The van der Waals surface area contributed by atoms with Crippen LogP contribution in [0, 0.1) is 0 Å². The Bertz CT molecular complexity index is 1290. The van der Waals surface area contributed by atoms with Crippen molar-refractivity contribution in [1.29, 1.82) is 0 Å². The summed E-state index contributed by atoms with van der Waals surface area (Å²) in [7, 11) is 0. The van der Waals surface area contributed by atoms with Crippen LogP contribution in [0.2, 0.25) is 0 Å². The Morgan fingerprint density at radius 3 is 1.17 bits per heavy atom. The van der Waals surface area contributed by atoms with Gasteiger partial charge in [0.1, 0.15) is 0 Å². The summed E-state index contributed by atoms with van der Waals surface area (Å²) in [6.07, 6.45) is 0. The van der Waals surface area contributed by atoms with Crippen LogP contribution in [0.5, 0.6) is 0 Å². The molecule has 4 aromatic rings. The molecule has 0 N–H and O–H groups in total. The lowest BCUT2D eigenvalue weighted by atomic mass is 9.61. The lowest BCUT2D eigenvalue weighted by Gasteiger charge is -2.42. The first-order chi connectivity index (χ1) is 17.0. The standard InChI is InChI=1S/C36H42/c1-26(2)30-24-25-31(34(3,4)27-18-12-9-13-19-27)33(36(7,8)29-22-16-11-17-23-29)32(30)35(5,6)28-20-14-10-15-21-28/h9-26H,1-8H3. The van der Waals surface area contributed by atoms with E-state index in [1.54, 1.807) is 0 Å². The molecule has 0 aliphatic rings. The molecule has 0 saturated carbocycles. The number of rotatable bonds is 7.